The molecule has 1 heterocycles. The number of carbonyl (C=O) groups excluding carboxylic acids is 1. The van der Waals surface area contributed by atoms with Gasteiger partial charge in [-0.2, -0.15) is 0 Å². The first-order valence-corrected chi connectivity index (χ1v) is 3.49. The molecule has 0 saturated carbocycles. The van der Waals surface area contributed by atoms with Crippen molar-refractivity contribution in [3.8, 4) is 0 Å². The van der Waals surface area contributed by atoms with Crippen LogP contribution in [0.2, 0.25) is 5.28 Å². The lowest BCUT2D eigenvalue weighted by molar-refractivity contribution is 0.101. The van der Waals surface area contributed by atoms with Gasteiger partial charge < -0.3 is 11.5 Å². The summed E-state index contributed by atoms with van der Waals surface area (Å²) in [5.74, 6) is -0.248. The summed E-state index contributed by atoms with van der Waals surface area (Å²) in [6.07, 6.45) is 0. The number of halogens is 1. The highest BCUT2D eigenvalue weighted by atomic mass is 35.5. The van der Waals surface area contributed by atoms with Crippen molar-refractivity contribution < 1.29 is 4.79 Å². The fourth-order valence-corrected chi connectivity index (χ4v) is 1.01. The van der Waals surface area contributed by atoms with Crippen LogP contribution in [0.3, 0.4) is 0 Å². The minimum atomic E-state index is -0.276. The monoisotopic (exact) mass is 186 g/mol. The van der Waals surface area contributed by atoms with Crippen LogP contribution < -0.4 is 11.5 Å². The molecule has 0 bridgehead atoms. The fourth-order valence-electron chi connectivity index (χ4n) is 0.828. The molecule has 0 radical (unpaired) electrons. The van der Waals surface area contributed by atoms with Gasteiger partial charge in [0.05, 0.1) is 0 Å². The smallest absolute Gasteiger partial charge is 0.226 e. The Kier molecular flexibility index (Phi) is 2.14. The number of hydrogen-bond acceptors (Lipinski definition) is 5. The summed E-state index contributed by atoms with van der Waals surface area (Å²) in [6.45, 7) is 1.33. The van der Waals surface area contributed by atoms with E-state index < -0.39 is 0 Å². The Morgan fingerprint density at radius 1 is 1.33 bits per heavy atom. The molecule has 0 amide bonds. The van der Waals surface area contributed by atoms with E-state index in [4.69, 9.17) is 23.1 Å². The van der Waals surface area contributed by atoms with Crippen LogP contribution in [-0.4, -0.2) is 15.8 Å². The molecule has 0 aliphatic carbocycles. The zero-order valence-corrected chi connectivity index (χ0v) is 7.09. The Balaban J connectivity index is 3.38. The number of Topliss-reactive ketones (excluding diaryl/α,β-unsaturated/α-hetero) is 1. The summed E-state index contributed by atoms with van der Waals surface area (Å²) in [5, 5.41) is -0.0602. The van der Waals surface area contributed by atoms with Crippen LogP contribution >= 0.6 is 11.6 Å². The Labute approximate surface area is 73.7 Å². The van der Waals surface area contributed by atoms with Crippen molar-refractivity contribution in [3.05, 3.63) is 10.8 Å². The number of anilines is 2. The molecule has 4 N–H and O–H groups in total. The maximum Gasteiger partial charge on any atom is 0.226 e. The Morgan fingerprint density at radius 3 is 2.08 bits per heavy atom. The van der Waals surface area contributed by atoms with Crippen LogP contribution in [0.15, 0.2) is 0 Å². The lowest BCUT2D eigenvalue weighted by atomic mass is 10.2. The molecule has 12 heavy (non-hydrogen) atoms. The number of nitrogen functional groups attached to an aromatic ring is 2. The van der Waals surface area contributed by atoms with E-state index in [0.717, 1.165) is 0 Å². The highest BCUT2D eigenvalue weighted by Crippen LogP contribution is 2.17. The number of nitrogens with zero attached hydrogens (tertiary/aromatic N) is 2. The number of aromatic nitrogens is 2. The van der Waals surface area contributed by atoms with E-state index in [0.29, 0.717) is 0 Å². The molecule has 0 aromatic carbocycles. The number of nitrogens with two attached hydrogens (primary N) is 2. The second kappa shape index (κ2) is 2.94. The van der Waals surface area contributed by atoms with Crippen molar-refractivity contribution >= 4 is 29.0 Å². The molecule has 0 aliphatic rings. The van der Waals surface area contributed by atoms with E-state index in [2.05, 4.69) is 9.97 Å². The van der Waals surface area contributed by atoms with E-state index in [-0.39, 0.29) is 28.3 Å². The summed E-state index contributed by atoms with van der Waals surface area (Å²) in [4.78, 5) is 18.1. The first-order valence-electron chi connectivity index (χ1n) is 3.11. The predicted octanol–water partition coefficient (Wildman–Crippen LogP) is 0.497. The van der Waals surface area contributed by atoms with Gasteiger partial charge in [-0.15, -0.1) is 0 Å². The summed E-state index contributed by atoms with van der Waals surface area (Å²) in [6, 6.07) is 0. The molecule has 0 spiro atoms. The average Bonchev–Trinajstić information content (AvgIpc) is 1.82. The van der Waals surface area contributed by atoms with E-state index in [1.807, 2.05) is 0 Å². The third-order valence-electron chi connectivity index (χ3n) is 1.29. The van der Waals surface area contributed by atoms with Crippen molar-refractivity contribution in [2.24, 2.45) is 0 Å². The van der Waals surface area contributed by atoms with Crippen molar-refractivity contribution in [3.63, 3.8) is 0 Å². The van der Waals surface area contributed by atoms with Crippen LogP contribution in [0.1, 0.15) is 17.3 Å². The number of ketones is 1. The third-order valence-corrected chi connectivity index (χ3v) is 1.46. The minimum absolute atomic E-state index is 0.0139. The summed E-state index contributed by atoms with van der Waals surface area (Å²) in [7, 11) is 0. The first kappa shape index (κ1) is 8.73. The van der Waals surface area contributed by atoms with Gasteiger partial charge in [0.25, 0.3) is 0 Å². The van der Waals surface area contributed by atoms with Gasteiger partial charge >= 0.3 is 0 Å². The lowest BCUT2D eigenvalue weighted by Gasteiger charge is -2.03. The van der Waals surface area contributed by atoms with Gasteiger partial charge in [-0.1, -0.05) is 0 Å². The molecule has 1 aromatic rings. The van der Waals surface area contributed by atoms with Gasteiger partial charge in [-0.05, 0) is 18.5 Å². The Morgan fingerprint density at radius 2 is 1.75 bits per heavy atom. The van der Waals surface area contributed by atoms with Crippen molar-refractivity contribution in [2.45, 2.75) is 6.92 Å². The maximum atomic E-state index is 10.9. The van der Waals surface area contributed by atoms with Gasteiger partial charge in [-0.25, -0.2) is 9.97 Å². The highest BCUT2D eigenvalue weighted by Gasteiger charge is 2.12. The predicted molar refractivity (Wildman–Crippen MR) is 45.9 cm³/mol. The molecule has 1 aromatic heterocycles. The number of rotatable bonds is 1. The Hall–Kier alpha value is -1.36. The largest absolute Gasteiger partial charge is 0.383 e. The topological polar surface area (TPSA) is 94.9 Å². The van der Waals surface area contributed by atoms with Crippen LogP contribution in [0.4, 0.5) is 11.6 Å². The second-order valence-corrected chi connectivity index (χ2v) is 2.53. The maximum absolute atomic E-state index is 10.9. The molecule has 1 rings (SSSR count). The van der Waals surface area contributed by atoms with Crippen molar-refractivity contribution in [2.75, 3.05) is 11.5 Å². The van der Waals surface area contributed by atoms with Crippen molar-refractivity contribution in [1.82, 2.24) is 9.97 Å². The zero-order chi connectivity index (χ0) is 9.30. The SMILES string of the molecule is CC(=O)c1c(N)nc(Cl)nc1N. The normalized spacial score (nSPS) is 9.83. The van der Waals surface area contributed by atoms with E-state index in [9.17, 15) is 4.79 Å². The molecule has 0 unspecified atom stereocenters. The minimum Gasteiger partial charge on any atom is -0.383 e. The Bertz CT molecular complexity index is 315. The van der Waals surface area contributed by atoms with Crippen LogP contribution in [-0.2, 0) is 0 Å². The summed E-state index contributed by atoms with van der Waals surface area (Å²) < 4.78 is 0. The van der Waals surface area contributed by atoms with Crippen molar-refractivity contribution in [1.29, 1.82) is 0 Å². The summed E-state index contributed by atoms with van der Waals surface area (Å²) >= 11 is 5.43. The zero-order valence-electron chi connectivity index (χ0n) is 6.34. The van der Waals surface area contributed by atoms with Crippen LogP contribution in [0.25, 0.3) is 0 Å². The fraction of sp³-hybridized carbons (Fsp3) is 0.167. The molecular formula is C6H7ClN4O. The molecule has 0 saturated heterocycles. The first-order chi connectivity index (χ1) is 5.52. The molecular weight excluding hydrogens is 180 g/mol. The van der Waals surface area contributed by atoms with Gasteiger partial charge in [0.1, 0.15) is 17.2 Å². The molecule has 0 atom stereocenters. The van der Waals surface area contributed by atoms with Gasteiger partial charge in [0, 0.05) is 0 Å². The molecule has 0 aliphatic heterocycles. The molecule has 6 heteroatoms. The van der Waals surface area contributed by atoms with E-state index in [1.165, 1.54) is 6.92 Å². The molecule has 0 fully saturated rings. The van der Waals surface area contributed by atoms with E-state index >= 15 is 0 Å². The quantitative estimate of drug-likeness (QED) is 0.492. The standard InChI is InChI=1S/C6H7ClN4O/c1-2(12)3-4(8)10-6(7)11-5(3)9/h1H3,(H4,8,9,10,11). The van der Waals surface area contributed by atoms with E-state index in [1.54, 1.807) is 0 Å². The lowest BCUT2D eigenvalue weighted by Crippen LogP contribution is -2.09. The number of carbonyl (C=O) groups is 1. The van der Waals surface area contributed by atoms with Gasteiger partial charge in [0.15, 0.2) is 5.78 Å². The summed E-state index contributed by atoms with van der Waals surface area (Å²) in [5.41, 5.74) is 10.9. The van der Waals surface area contributed by atoms with Gasteiger partial charge in [-0.3, -0.25) is 4.79 Å². The number of hydrogen-bond donors (Lipinski definition) is 2. The average molecular weight is 187 g/mol. The van der Waals surface area contributed by atoms with Crippen LogP contribution in [0.5, 0.6) is 0 Å². The van der Waals surface area contributed by atoms with Gasteiger partial charge in [0.2, 0.25) is 5.28 Å². The molecule has 5 nitrogen and oxygen atoms in total. The second-order valence-electron chi connectivity index (χ2n) is 2.19. The molecule has 64 valence electrons. The highest BCUT2D eigenvalue weighted by molar-refractivity contribution is 6.28. The third kappa shape index (κ3) is 1.45. The van der Waals surface area contributed by atoms with Crippen LogP contribution in [0, 0.1) is 0 Å².